The molecule has 0 atom stereocenters. The number of aryl methyl sites for hydroxylation is 1. The zero-order valence-corrected chi connectivity index (χ0v) is 18.2. The van der Waals surface area contributed by atoms with Crippen LogP contribution in [-0.2, 0) is 15.6 Å². The number of pyridine rings is 1. The Labute approximate surface area is 172 Å². The predicted molar refractivity (Wildman–Crippen MR) is 115 cm³/mol. The van der Waals surface area contributed by atoms with E-state index in [9.17, 15) is 8.42 Å². The molecule has 0 bridgehead atoms. The standard InChI is InChI=1S/C23H26N2O3S/c1-16-8-6-11-22(17(16)2)29(26,27)25-23(3,4)19-10-7-9-18(14-19)20-12-13-24-15-21(20)28-5/h6-15,25H,1-5H3. The summed E-state index contributed by atoms with van der Waals surface area (Å²) in [5, 5.41) is 0. The molecule has 0 fully saturated rings. The maximum absolute atomic E-state index is 13.1. The minimum Gasteiger partial charge on any atom is -0.494 e. The summed E-state index contributed by atoms with van der Waals surface area (Å²) in [6, 6.07) is 15.0. The van der Waals surface area contributed by atoms with Gasteiger partial charge in [-0.15, -0.1) is 0 Å². The molecule has 0 saturated carbocycles. The fourth-order valence-corrected chi connectivity index (χ4v) is 5.04. The predicted octanol–water partition coefficient (Wildman–Crippen LogP) is 4.59. The maximum atomic E-state index is 13.1. The lowest BCUT2D eigenvalue weighted by Crippen LogP contribution is -2.41. The third-order valence-corrected chi connectivity index (χ3v) is 6.93. The molecule has 3 rings (SSSR count). The summed E-state index contributed by atoms with van der Waals surface area (Å²) in [6.45, 7) is 7.45. The highest BCUT2D eigenvalue weighted by molar-refractivity contribution is 7.89. The van der Waals surface area contributed by atoms with Gasteiger partial charge in [-0.2, -0.15) is 0 Å². The van der Waals surface area contributed by atoms with Crippen LogP contribution in [-0.4, -0.2) is 20.5 Å². The Bertz CT molecular complexity index is 1140. The minimum atomic E-state index is -3.69. The molecule has 1 heterocycles. The zero-order valence-electron chi connectivity index (χ0n) is 17.4. The van der Waals surface area contributed by atoms with Gasteiger partial charge in [0.05, 0.1) is 23.7 Å². The van der Waals surface area contributed by atoms with E-state index in [1.54, 1.807) is 31.6 Å². The Kier molecular flexibility index (Phi) is 5.78. The van der Waals surface area contributed by atoms with Crippen molar-refractivity contribution in [2.24, 2.45) is 0 Å². The van der Waals surface area contributed by atoms with Crippen molar-refractivity contribution in [3.05, 3.63) is 77.6 Å². The summed E-state index contributed by atoms with van der Waals surface area (Å²) in [5.41, 5.74) is 3.57. The van der Waals surface area contributed by atoms with Crippen molar-refractivity contribution in [1.29, 1.82) is 0 Å². The molecule has 0 radical (unpaired) electrons. The van der Waals surface area contributed by atoms with Crippen molar-refractivity contribution in [2.75, 3.05) is 7.11 Å². The Morgan fingerprint density at radius 2 is 1.76 bits per heavy atom. The zero-order chi connectivity index (χ0) is 21.2. The molecule has 3 aromatic rings. The second-order valence-corrected chi connectivity index (χ2v) is 9.24. The quantitative estimate of drug-likeness (QED) is 0.645. The fourth-order valence-electron chi connectivity index (χ4n) is 3.32. The van der Waals surface area contributed by atoms with E-state index < -0.39 is 15.6 Å². The first kappa shape index (κ1) is 21.0. The molecule has 0 aliphatic carbocycles. The molecule has 0 aliphatic rings. The van der Waals surface area contributed by atoms with Crippen molar-refractivity contribution >= 4 is 10.0 Å². The lowest BCUT2D eigenvalue weighted by molar-refractivity contribution is 0.414. The number of ether oxygens (including phenoxy) is 1. The van der Waals surface area contributed by atoms with Gasteiger partial charge in [0.15, 0.2) is 0 Å². The van der Waals surface area contributed by atoms with Crippen LogP contribution < -0.4 is 9.46 Å². The topological polar surface area (TPSA) is 68.3 Å². The van der Waals surface area contributed by atoms with Crippen LogP contribution in [0.4, 0.5) is 0 Å². The Hall–Kier alpha value is -2.70. The molecule has 5 nitrogen and oxygen atoms in total. The van der Waals surface area contributed by atoms with E-state index in [-0.39, 0.29) is 0 Å². The number of nitrogens with zero attached hydrogens (tertiary/aromatic N) is 1. The molecule has 0 amide bonds. The van der Waals surface area contributed by atoms with Gasteiger partial charge >= 0.3 is 0 Å². The normalized spacial score (nSPS) is 12.0. The molecule has 1 N–H and O–H groups in total. The second kappa shape index (κ2) is 7.97. The first-order chi connectivity index (χ1) is 13.7. The van der Waals surface area contributed by atoms with Crippen molar-refractivity contribution in [1.82, 2.24) is 9.71 Å². The van der Waals surface area contributed by atoms with Gasteiger partial charge in [0, 0.05) is 11.8 Å². The van der Waals surface area contributed by atoms with Gasteiger partial charge in [0.2, 0.25) is 10.0 Å². The monoisotopic (exact) mass is 410 g/mol. The molecule has 2 aromatic carbocycles. The minimum absolute atomic E-state index is 0.303. The van der Waals surface area contributed by atoms with Crippen LogP contribution in [0.5, 0.6) is 5.75 Å². The Morgan fingerprint density at radius 1 is 1.03 bits per heavy atom. The molecule has 0 spiro atoms. The Balaban J connectivity index is 1.99. The number of sulfonamides is 1. The summed E-state index contributed by atoms with van der Waals surface area (Å²) in [4.78, 5) is 4.40. The first-order valence-corrected chi connectivity index (χ1v) is 10.8. The van der Waals surface area contributed by atoms with Crippen LogP contribution in [0.3, 0.4) is 0 Å². The smallest absolute Gasteiger partial charge is 0.241 e. The molecule has 0 aliphatic heterocycles. The largest absolute Gasteiger partial charge is 0.494 e. The number of hydrogen-bond donors (Lipinski definition) is 1. The average molecular weight is 411 g/mol. The molecule has 152 valence electrons. The van der Waals surface area contributed by atoms with Crippen LogP contribution >= 0.6 is 0 Å². The summed E-state index contributed by atoms with van der Waals surface area (Å²) in [7, 11) is -2.09. The van der Waals surface area contributed by atoms with Crippen LogP contribution in [0.1, 0.15) is 30.5 Å². The van der Waals surface area contributed by atoms with Crippen molar-refractivity contribution in [2.45, 2.75) is 38.1 Å². The van der Waals surface area contributed by atoms with Crippen LogP contribution in [0.15, 0.2) is 65.8 Å². The van der Waals surface area contributed by atoms with E-state index in [1.807, 2.05) is 64.1 Å². The number of methoxy groups -OCH3 is 1. The highest BCUT2D eigenvalue weighted by Crippen LogP contribution is 2.32. The van der Waals surface area contributed by atoms with E-state index in [4.69, 9.17) is 4.74 Å². The van der Waals surface area contributed by atoms with Crippen molar-refractivity contribution in [3.63, 3.8) is 0 Å². The highest BCUT2D eigenvalue weighted by Gasteiger charge is 2.29. The molecule has 1 aromatic heterocycles. The van der Waals surface area contributed by atoms with E-state index in [2.05, 4.69) is 9.71 Å². The lowest BCUT2D eigenvalue weighted by Gasteiger charge is -2.28. The molecule has 6 heteroatoms. The van der Waals surface area contributed by atoms with Crippen molar-refractivity contribution in [3.8, 4) is 16.9 Å². The summed E-state index contributed by atoms with van der Waals surface area (Å²) in [6.07, 6.45) is 3.37. The number of rotatable bonds is 6. The van der Waals surface area contributed by atoms with E-state index >= 15 is 0 Å². The van der Waals surface area contributed by atoms with Gasteiger partial charge in [-0.3, -0.25) is 4.98 Å². The summed E-state index contributed by atoms with van der Waals surface area (Å²) >= 11 is 0. The molecule has 0 saturated heterocycles. The summed E-state index contributed by atoms with van der Waals surface area (Å²) in [5.74, 6) is 0.665. The maximum Gasteiger partial charge on any atom is 0.241 e. The second-order valence-electron chi connectivity index (χ2n) is 7.59. The van der Waals surface area contributed by atoms with Gasteiger partial charge in [0.1, 0.15) is 5.75 Å². The first-order valence-electron chi connectivity index (χ1n) is 9.35. The fraction of sp³-hybridized carbons (Fsp3) is 0.261. The molecular weight excluding hydrogens is 384 g/mol. The van der Waals surface area contributed by atoms with Gasteiger partial charge in [0.25, 0.3) is 0 Å². The van der Waals surface area contributed by atoms with Crippen LogP contribution in [0, 0.1) is 13.8 Å². The lowest BCUT2D eigenvalue weighted by atomic mass is 9.92. The van der Waals surface area contributed by atoms with E-state index in [0.29, 0.717) is 10.6 Å². The number of hydrogen-bond acceptors (Lipinski definition) is 4. The van der Waals surface area contributed by atoms with Gasteiger partial charge < -0.3 is 4.74 Å². The van der Waals surface area contributed by atoms with Crippen LogP contribution in [0.25, 0.3) is 11.1 Å². The average Bonchev–Trinajstić information content (AvgIpc) is 2.69. The van der Waals surface area contributed by atoms with Crippen LogP contribution in [0.2, 0.25) is 0 Å². The summed E-state index contributed by atoms with van der Waals surface area (Å²) < 4.78 is 34.5. The van der Waals surface area contributed by atoms with E-state index in [1.165, 1.54) is 0 Å². The van der Waals surface area contributed by atoms with Gasteiger partial charge in [-0.1, -0.05) is 30.3 Å². The van der Waals surface area contributed by atoms with Crippen molar-refractivity contribution < 1.29 is 13.2 Å². The SMILES string of the molecule is COc1cnccc1-c1cccc(C(C)(C)NS(=O)(=O)c2cccc(C)c2C)c1. The number of nitrogens with one attached hydrogen (secondary N) is 1. The third kappa shape index (κ3) is 4.33. The van der Waals surface area contributed by atoms with E-state index in [0.717, 1.165) is 27.8 Å². The van der Waals surface area contributed by atoms with Gasteiger partial charge in [-0.05, 0) is 68.1 Å². The highest BCUT2D eigenvalue weighted by atomic mass is 32.2. The molecular formula is C23H26N2O3S. The van der Waals surface area contributed by atoms with Gasteiger partial charge in [-0.25, -0.2) is 13.1 Å². The number of aromatic nitrogens is 1. The molecule has 29 heavy (non-hydrogen) atoms. The Morgan fingerprint density at radius 3 is 2.48 bits per heavy atom. The number of benzene rings is 2. The molecule has 0 unspecified atom stereocenters. The third-order valence-electron chi connectivity index (χ3n) is 5.13.